The van der Waals surface area contributed by atoms with Crippen molar-refractivity contribution in [2.45, 2.75) is 12.1 Å². The molecule has 5 nitrogen and oxygen atoms in total. The van der Waals surface area contributed by atoms with Gasteiger partial charge in [0, 0.05) is 7.05 Å². The monoisotopic (exact) mass is 400 g/mol. The van der Waals surface area contributed by atoms with Crippen LogP contribution in [0, 0.1) is 0 Å². The molecule has 5 heteroatoms. The molecule has 0 bridgehead atoms. The van der Waals surface area contributed by atoms with Crippen molar-refractivity contribution in [2.75, 3.05) is 20.2 Å². The summed E-state index contributed by atoms with van der Waals surface area (Å²) in [6, 6.07) is 28.6. The fraction of sp³-hybridized carbons (Fsp3) is 0.200. The summed E-state index contributed by atoms with van der Waals surface area (Å²) in [5.74, 6) is -0.383. The maximum absolute atomic E-state index is 13.1. The summed E-state index contributed by atoms with van der Waals surface area (Å²) in [5, 5.41) is 0. The minimum absolute atomic E-state index is 0.0755. The van der Waals surface area contributed by atoms with Crippen molar-refractivity contribution in [3.05, 3.63) is 108 Å². The fourth-order valence-corrected chi connectivity index (χ4v) is 4.02. The zero-order chi connectivity index (χ0) is 20.9. The Bertz CT molecular complexity index is 993. The van der Waals surface area contributed by atoms with Crippen LogP contribution in [0.2, 0.25) is 0 Å². The lowest BCUT2D eigenvalue weighted by atomic mass is 9.93. The Morgan fingerprint density at radius 1 is 0.800 bits per heavy atom. The van der Waals surface area contributed by atoms with Gasteiger partial charge in [0.25, 0.3) is 0 Å². The van der Waals surface area contributed by atoms with E-state index in [4.69, 9.17) is 4.74 Å². The van der Waals surface area contributed by atoms with Crippen LogP contribution < -0.4 is 0 Å². The number of urea groups is 1. The molecule has 1 aliphatic rings. The van der Waals surface area contributed by atoms with Crippen LogP contribution in [-0.4, -0.2) is 42.0 Å². The maximum Gasteiger partial charge on any atom is 0.338 e. The van der Waals surface area contributed by atoms with Gasteiger partial charge >= 0.3 is 12.0 Å². The molecular weight excluding hydrogens is 376 g/mol. The van der Waals surface area contributed by atoms with E-state index in [9.17, 15) is 9.59 Å². The minimum Gasteiger partial charge on any atom is -0.460 e. The molecule has 0 unspecified atom stereocenters. The van der Waals surface area contributed by atoms with Crippen molar-refractivity contribution in [3.63, 3.8) is 0 Å². The molecule has 30 heavy (non-hydrogen) atoms. The van der Waals surface area contributed by atoms with E-state index in [2.05, 4.69) is 0 Å². The van der Waals surface area contributed by atoms with E-state index >= 15 is 0 Å². The first-order chi connectivity index (χ1) is 14.7. The average molecular weight is 400 g/mol. The van der Waals surface area contributed by atoms with E-state index < -0.39 is 0 Å². The Balaban J connectivity index is 1.56. The number of ether oxygens (including phenoxy) is 1. The highest BCUT2D eigenvalue weighted by atomic mass is 16.5. The lowest BCUT2D eigenvalue weighted by Gasteiger charge is -2.28. The van der Waals surface area contributed by atoms with Gasteiger partial charge < -0.3 is 14.5 Å². The minimum atomic E-state index is -0.383. The van der Waals surface area contributed by atoms with E-state index in [0.717, 1.165) is 11.1 Å². The van der Waals surface area contributed by atoms with Gasteiger partial charge in [0.2, 0.25) is 0 Å². The Hall–Kier alpha value is -3.60. The average Bonchev–Trinajstić information content (AvgIpc) is 3.06. The molecular formula is C25H24N2O3. The summed E-state index contributed by atoms with van der Waals surface area (Å²) in [6.45, 7) is 0.461. The Morgan fingerprint density at radius 3 is 1.87 bits per heavy atom. The smallest absolute Gasteiger partial charge is 0.338 e. The Kier molecular flexibility index (Phi) is 5.80. The van der Waals surface area contributed by atoms with Crippen LogP contribution in [0.25, 0.3) is 0 Å². The predicted molar refractivity (Wildman–Crippen MR) is 115 cm³/mol. The topological polar surface area (TPSA) is 49.9 Å². The van der Waals surface area contributed by atoms with Crippen molar-refractivity contribution in [1.82, 2.24) is 9.80 Å². The molecule has 1 heterocycles. The quantitative estimate of drug-likeness (QED) is 0.564. The molecule has 0 aliphatic carbocycles. The molecule has 2 atom stereocenters. The number of rotatable bonds is 6. The number of esters is 1. The van der Waals surface area contributed by atoms with Gasteiger partial charge in [-0.2, -0.15) is 0 Å². The molecule has 4 rings (SSSR count). The first-order valence-electron chi connectivity index (χ1n) is 10.0. The van der Waals surface area contributed by atoms with E-state index in [1.54, 1.807) is 34.1 Å². The first kappa shape index (κ1) is 19.7. The van der Waals surface area contributed by atoms with Crippen molar-refractivity contribution in [3.8, 4) is 0 Å². The van der Waals surface area contributed by atoms with Crippen molar-refractivity contribution in [2.24, 2.45) is 0 Å². The summed E-state index contributed by atoms with van der Waals surface area (Å²) in [5.41, 5.74) is 2.63. The van der Waals surface area contributed by atoms with Gasteiger partial charge in [-0.05, 0) is 23.3 Å². The van der Waals surface area contributed by atoms with Crippen LogP contribution in [0.1, 0.15) is 33.6 Å². The molecule has 3 aromatic carbocycles. The van der Waals surface area contributed by atoms with Crippen LogP contribution in [0.15, 0.2) is 91.0 Å². The van der Waals surface area contributed by atoms with Crippen LogP contribution in [0.4, 0.5) is 4.79 Å². The summed E-state index contributed by atoms with van der Waals surface area (Å²) in [6.07, 6.45) is 0. The van der Waals surface area contributed by atoms with E-state index in [1.165, 1.54) is 0 Å². The molecule has 1 fully saturated rings. The summed E-state index contributed by atoms with van der Waals surface area (Å²) >= 11 is 0. The number of carbonyl (C=O) groups excluding carboxylic acids is 2. The zero-order valence-corrected chi connectivity index (χ0v) is 16.8. The molecule has 2 amide bonds. The third-order valence-corrected chi connectivity index (χ3v) is 5.46. The van der Waals surface area contributed by atoms with Crippen LogP contribution >= 0.6 is 0 Å². The Labute approximate surface area is 176 Å². The molecule has 0 N–H and O–H groups in total. The molecule has 1 saturated heterocycles. The molecule has 1 aliphatic heterocycles. The molecule has 3 aromatic rings. The van der Waals surface area contributed by atoms with Gasteiger partial charge in [-0.1, -0.05) is 78.9 Å². The number of hydrogen-bond donors (Lipinski definition) is 0. The number of nitrogens with zero attached hydrogens (tertiary/aromatic N) is 2. The van der Waals surface area contributed by atoms with Crippen molar-refractivity contribution in [1.29, 1.82) is 0 Å². The summed E-state index contributed by atoms with van der Waals surface area (Å²) in [7, 11) is 1.83. The van der Waals surface area contributed by atoms with E-state index in [0.29, 0.717) is 12.1 Å². The lowest BCUT2D eigenvalue weighted by Crippen LogP contribution is -2.34. The number of amides is 2. The highest BCUT2D eigenvalue weighted by Crippen LogP contribution is 2.43. The van der Waals surface area contributed by atoms with E-state index in [1.807, 2.05) is 73.8 Å². The summed E-state index contributed by atoms with van der Waals surface area (Å²) < 4.78 is 5.45. The number of carbonyl (C=O) groups is 2. The maximum atomic E-state index is 13.1. The fourth-order valence-electron chi connectivity index (χ4n) is 4.02. The highest BCUT2D eigenvalue weighted by Gasteiger charge is 2.45. The second-order valence-corrected chi connectivity index (χ2v) is 7.30. The summed E-state index contributed by atoms with van der Waals surface area (Å²) in [4.78, 5) is 29.0. The van der Waals surface area contributed by atoms with Gasteiger partial charge in [0.05, 0.1) is 24.2 Å². The van der Waals surface area contributed by atoms with Gasteiger partial charge in [-0.25, -0.2) is 9.59 Å². The molecule has 0 aromatic heterocycles. The molecule has 0 spiro atoms. The number of hydrogen-bond acceptors (Lipinski definition) is 3. The SMILES string of the molecule is CN1C(=O)N(CCOC(=O)c2ccccc2)[C@H](c2ccccc2)[C@H]1c1ccccc1. The molecule has 0 saturated carbocycles. The van der Waals surface area contributed by atoms with Gasteiger partial charge in [-0.3, -0.25) is 0 Å². The molecule has 152 valence electrons. The van der Waals surface area contributed by atoms with Crippen LogP contribution in [0.5, 0.6) is 0 Å². The highest BCUT2D eigenvalue weighted by molar-refractivity contribution is 5.89. The lowest BCUT2D eigenvalue weighted by molar-refractivity contribution is 0.0467. The standard InChI is InChI=1S/C25H24N2O3/c1-26-22(19-11-5-2-6-12-19)23(20-13-7-3-8-14-20)27(25(26)29)17-18-30-24(28)21-15-9-4-10-16-21/h2-16,22-23H,17-18H2,1H3/t22-,23-/m1/s1. The predicted octanol–water partition coefficient (Wildman–Crippen LogP) is 4.69. The second-order valence-electron chi connectivity index (χ2n) is 7.30. The normalized spacial score (nSPS) is 18.5. The van der Waals surface area contributed by atoms with Crippen LogP contribution in [0.3, 0.4) is 0 Å². The second kappa shape index (κ2) is 8.82. The largest absolute Gasteiger partial charge is 0.460 e. The first-order valence-corrected chi connectivity index (χ1v) is 10.0. The van der Waals surface area contributed by atoms with Crippen molar-refractivity contribution < 1.29 is 14.3 Å². The third-order valence-electron chi connectivity index (χ3n) is 5.46. The third kappa shape index (κ3) is 3.92. The number of benzene rings is 3. The van der Waals surface area contributed by atoms with Crippen molar-refractivity contribution >= 4 is 12.0 Å². The molecule has 0 radical (unpaired) electrons. The van der Waals surface area contributed by atoms with Gasteiger partial charge in [0.15, 0.2) is 0 Å². The van der Waals surface area contributed by atoms with Gasteiger partial charge in [-0.15, -0.1) is 0 Å². The number of likely N-dealkylation sites (N-methyl/N-ethyl adjacent to an activating group) is 1. The van der Waals surface area contributed by atoms with E-state index in [-0.39, 0.29) is 30.7 Å². The van der Waals surface area contributed by atoms with Crippen LogP contribution in [-0.2, 0) is 4.74 Å². The van der Waals surface area contributed by atoms with Gasteiger partial charge in [0.1, 0.15) is 6.61 Å². The zero-order valence-electron chi connectivity index (χ0n) is 16.8. The Morgan fingerprint density at radius 2 is 1.30 bits per heavy atom.